The summed E-state index contributed by atoms with van der Waals surface area (Å²) < 4.78 is 0. The van der Waals surface area contributed by atoms with Crippen LogP contribution in [0.3, 0.4) is 0 Å². The average molecular weight is 180 g/mol. The minimum absolute atomic E-state index is 0.549. The predicted octanol–water partition coefficient (Wildman–Crippen LogP) is 1.16. The van der Waals surface area contributed by atoms with Crippen molar-refractivity contribution in [3.05, 3.63) is 12.1 Å². The van der Waals surface area contributed by atoms with E-state index in [1.54, 1.807) is 0 Å². The summed E-state index contributed by atoms with van der Waals surface area (Å²) in [6.07, 6.45) is 0. The third-order valence-corrected chi connectivity index (χ3v) is 1.74. The first-order valence-corrected chi connectivity index (χ1v) is 4.33. The molecule has 0 aromatic carbocycles. The second-order valence-corrected chi connectivity index (χ2v) is 3.03. The van der Waals surface area contributed by atoms with E-state index < -0.39 is 0 Å². The van der Waals surface area contributed by atoms with Gasteiger partial charge in [-0.3, -0.25) is 0 Å². The van der Waals surface area contributed by atoms with Gasteiger partial charge >= 0.3 is 0 Å². The van der Waals surface area contributed by atoms with Gasteiger partial charge in [0.2, 0.25) is 0 Å². The molecule has 1 heterocycles. The Labute approximate surface area is 78.8 Å². The molecule has 0 radical (unpaired) electrons. The fraction of sp³-hybridized carbons (Fsp3) is 0.444. The second-order valence-electron chi connectivity index (χ2n) is 3.03. The maximum Gasteiger partial charge on any atom is 0.149 e. The fourth-order valence-electron chi connectivity index (χ4n) is 1.05. The van der Waals surface area contributed by atoms with Crippen LogP contribution in [0.2, 0.25) is 0 Å². The Kier molecular flexibility index (Phi) is 2.95. The van der Waals surface area contributed by atoms with Gasteiger partial charge in [-0.1, -0.05) is 0 Å². The van der Waals surface area contributed by atoms with E-state index in [2.05, 4.69) is 10.3 Å². The first-order chi connectivity index (χ1) is 6.15. The van der Waals surface area contributed by atoms with Crippen LogP contribution in [0.1, 0.15) is 6.92 Å². The van der Waals surface area contributed by atoms with Crippen molar-refractivity contribution >= 4 is 17.3 Å². The largest absolute Gasteiger partial charge is 0.382 e. The molecule has 1 aromatic rings. The molecule has 0 amide bonds. The standard InChI is InChI=1S/C9H16N4/c1-4-11-7-5-6-8(13(2)3)12-9(7)10/h5-6,11H,4H2,1-3H3,(H2,10,12). The zero-order valence-corrected chi connectivity index (χ0v) is 8.33. The normalized spacial score (nSPS) is 9.77. The van der Waals surface area contributed by atoms with Crippen LogP contribution in [0.15, 0.2) is 12.1 Å². The quantitative estimate of drug-likeness (QED) is 0.733. The van der Waals surface area contributed by atoms with Crippen LogP contribution in [0, 0.1) is 0 Å². The number of pyridine rings is 1. The van der Waals surface area contributed by atoms with E-state index in [0.29, 0.717) is 5.82 Å². The third kappa shape index (κ3) is 2.24. The van der Waals surface area contributed by atoms with Crippen LogP contribution in [0.4, 0.5) is 17.3 Å². The molecular weight excluding hydrogens is 164 g/mol. The molecule has 0 fully saturated rings. The zero-order valence-electron chi connectivity index (χ0n) is 8.33. The number of nitrogens with two attached hydrogens (primary N) is 1. The van der Waals surface area contributed by atoms with E-state index in [9.17, 15) is 0 Å². The Balaban J connectivity index is 2.92. The monoisotopic (exact) mass is 180 g/mol. The van der Waals surface area contributed by atoms with Crippen molar-refractivity contribution in [2.75, 3.05) is 36.6 Å². The van der Waals surface area contributed by atoms with E-state index in [0.717, 1.165) is 18.1 Å². The topological polar surface area (TPSA) is 54.2 Å². The molecule has 0 aliphatic rings. The van der Waals surface area contributed by atoms with Crippen molar-refractivity contribution in [3.63, 3.8) is 0 Å². The lowest BCUT2D eigenvalue weighted by Crippen LogP contribution is -2.12. The van der Waals surface area contributed by atoms with Crippen LogP contribution >= 0.6 is 0 Å². The van der Waals surface area contributed by atoms with E-state index in [-0.39, 0.29) is 0 Å². The van der Waals surface area contributed by atoms with Gasteiger partial charge in [0, 0.05) is 20.6 Å². The third-order valence-electron chi connectivity index (χ3n) is 1.74. The molecule has 0 unspecified atom stereocenters. The van der Waals surface area contributed by atoms with Crippen molar-refractivity contribution in [3.8, 4) is 0 Å². The number of hydrogen-bond acceptors (Lipinski definition) is 4. The van der Waals surface area contributed by atoms with Gasteiger partial charge in [0.1, 0.15) is 11.6 Å². The summed E-state index contributed by atoms with van der Waals surface area (Å²) in [5, 5.41) is 3.14. The summed E-state index contributed by atoms with van der Waals surface area (Å²) in [7, 11) is 3.88. The van der Waals surface area contributed by atoms with Gasteiger partial charge in [-0.2, -0.15) is 0 Å². The molecule has 0 saturated carbocycles. The Morgan fingerprint density at radius 3 is 2.62 bits per heavy atom. The van der Waals surface area contributed by atoms with Gasteiger partial charge in [-0.05, 0) is 19.1 Å². The maximum absolute atomic E-state index is 5.74. The average Bonchev–Trinajstić information content (AvgIpc) is 2.08. The number of nitrogen functional groups attached to an aromatic ring is 1. The smallest absolute Gasteiger partial charge is 0.149 e. The highest BCUT2D eigenvalue weighted by Crippen LogP contribution is 2.19. The number of aromatic nitrogens is 1. The van der Waals surface area contributed by atoms with Crippen molar-refractivity contribution in [1.82, 2.24) is 4.98 Å². The molecule has 0 spiro atoms. The molecule has 0 aliphatic carbocycles. The first-order valence-electron chi connectivity index (χ1n) is 4.33. The molecular formula is C9H16N4. The minimum atomic E-state index is 0.549. The van der Waals surface area contributed by atoms with E-state index in [1.165, 1.54) is 0 Å². The summed E-state index contributed by atoms with van der Waals surface area (Å²) in [6, 6.07) is 3.88. The van der Waals surface area contributed by atoms with Crippen LogP contribution in [0.25, 0.3) is 0 Å². The van der Waals surface area contributed by atoms with E-state index in [1.807, 2.05) is 38.1 Å². The second kappa shape index (κ2) is 3.98. The summed E-state index contributed by atoms with van der Waals surface area (Å²) >= 11 is 0. The Morgan fingerprint density at radius 1 is 1.46 bits per heavy atom. The molecule has 13 heavy (non-hydrogen) atoms. The van der Waals surface area contributed by atoms with Crippen molar-refractivity contribution in [2.24, 2.45) is 0 Å². The summed E-state index contributed by atoms with van der Waals surface area (Å²) in [5.74, 6) is 1.42. The highest BCUT2D eigenvalue weighted by atomic mass is 15.1. The van der Waals surface area contributed by atoms with Crippen LogP contribution in [-0.2, 0) is 0 Å². The molecule has 0 saturated heterocycles. The molecule has 0 aliphatic heterocycles. The molecule has 1 rings (SSSR count). The Hall–Kier alpha value is -1.45. The lowest BCUT2D eigenvalue weighted by molar-refractivity contribution is 1.07. The predicted molar refractivity (Wildman–Crippen MR) is 57.1 cm³/mol. The molecule has 0 atom stereocenters. The zero-order chi connectivity index (χ0) is 9.84. The molecule has 0 bridgehead atoms. The fourth-order valence-corrected chi connectivity index (χ4v) is 1.05. The molecule has 1 aromatic heterocycles. The molecule has 4 heteroatoms. The number of rotatable bonds is 3. The maximum atomic E-state index is 5.74. The molecule has 72 valence electrons. The van der Waals surface area contributed by atoms with Crippen LogP contribution in [0.5, 0.6) is 0 Å². The summed E-state index contributed by atoms with van der Waals surface area (Å²) in [5.41, 5.74) is 6.64. The number of nitrogens with zero attached hydrogens (tertiary/aromatic N) is 2. The number of anilines is 3. The lowest BCUT2D eigenvalue weighted by atomic mass is 10.3. The summed E-state index contributed by atoms with van der Waals surface area (Å²) in [4.78, 5) is 6.16. The Bertz CT molecular complexity index is 283. The van der Waals surface area contributed by atoms with Gasteiger partial charge in [0.25, 0.3) is 0 Å². The van der Waals surface area contributed by atoms with E-state index in [4.69, 9.17) is 5.73 Å². The van der Waals surface area contributed by atoms with Gasteiger partial charge in [-0.15, -0.1) is 0 Å². The number of nitrogens with one attached hydrogen (secondary N) is 1. The van der Waals surface area contributed by atoms with Gasteiger partial charge < -0.3 is 16.0 Å². The van der Waals surface area contributed by atoms with Crippen molar-refractivity contribution in [2.45, 2.75) is 6.92 Å². The van der Waals surface area contributed by atoms with Crippen molar-refractivity contribution in [1.29, 1.82) is 0 Å². The lowest BCUT2D eigenvalue weighted by Gasteiger charge is -2.13. The highest BCUT2D eigenvalue weighted by molar-refractivity contribution is 5.64. The van der Waals surface area contributed by atoms with Crippen LogP contribution in [-0.4, -0.2) is 25.6 Å². The first kappa shape index (κ1) is 9.64. The van der Waals surface area contributed by atoms with Crippen molar-refractivity contribution < 1.29 is 0 Å². The molecule has 3 N–H and O–H groups in total. The number of hydrogen-bond donors (Lipinski definition) is 2. The molecule has 4 nitrogen and oxygen atoms in total. The van der Waals surface area contributed by atoms with Gasteiger partial charge in [0.05, 0.1) is 5.69 Å². The Morgan fingerprint density at radius 2 is 2.15 bits per heavy atom. The van der Waals surface area contributed by atoms with Gasteiger partial charge in [-0.25, -0.2) is 4.98 Å². The van der Waals surface area contributed by atoms with Gasteiger partial charge in [0.15, 0.2) is 0 Å². The highest BCUT2D eigenvalue weighted by Gasteiger charge is 2.01. The van der Waals surface area contributed by atoms with Crippen LogP contribution < -0.4 is 16.0 Å². The SMILES string of the molecule is CCNc1ccc(N(C)C)nc1N. The summed E-state index contributed by atoms with van der Waals surface area (Å²) in [6.45, 7) is 2.88. The minimum Gasteiger partial charge on any atom is -0.382 e. The van der Waals surface area contributed by atoms with E-state index >= 15 is 0 Å².